The average Bonchev–Trinajstić information content (AvgIpc) is 2.87. The summed E-state index contributed by atoms with van der Waals surface area (Å²) in [5.74, 6) is -1.92. The monoisotopic (exact) mass is 601 g/mol. The largest absolute Gasteiger partial charge is 0.501 e. The molecule has 0 bridgehead atoms. The first-order chi connectivity index (χ1) is 18.3. The lowest BCUT2D eigenvalue weighted by Gasteiger charge is -2.44. The van der Waals surface area contributed by atoms with Crippen LogP contribution in [0.1, 0.15) is 28.8 Å². The number of nitrogens with zero attached hydrogens (tertiary/aromatic N) is 1. The molecular weight excluding hydrogens is 582 g/mol. The summed E-state index contributed by atoms with van der Waals surface area (Å²) in [6, 6.07) is 16.1. The quantitative estimate of drug-likeness (QED) is 0.377. The molecule has 7 nitrogen and oxygen atoms in total. The molecule has 0 aromatic heterocycles. The van der Waals surface area contributed by atoms with Gasteiger partial charge in [0.1, 0.15) is 18.8 Å². The zero-order valence-electron chi connectivity index (χ0n) is 19.8. The van der Waals surface area contributed by atoms with Crippen LogP contribution in [0.2, 0.25) is 10.0 Å². The molecule has 3 aromatic carbocycles. The van der Waals surface area contributed by atoms with E-state index in [-0.39, 0.29) is 6.42 Å². The van der Waals surface area contributed by atoms with Crippen molar-refractivity contribution in [3.05, 3.63) is 99.5 Å². The van der Waals surface area contributed by atoms with Gasteiger partial charge in [0.05, 0.1) is 10.9 Å². The molecule has 4 rings (SSSR count). The maximum atomic E-state index is 13.6. The van der Waals surface area contributed by atoms with Crippen molar-refractivity contribution in [1.82, 2.24) is 4.90 Å². The molecule has 2 unspecified atom stereocenters. The highest BCUT2D eigenvalue weighted by atomic mass is 35.5. The standard InChI is InChI=1S/C26H20Cl2F3NO6S/c27-18-7-3-16(4-8-18)23-24(17-5-9-19(28)10-6-17)38-21(25(35)32(23)14-22(33)34)13-15-1-11-20(12-2-15)39(36,37)26(29,30)31/h1-12,21,23-24H,13-14H2,(H,33,34)/t21-,23?,24?/m0/s1. The number of carbonyl (C=O) groups excluding carboxylic acids is 1. The van der Waals surface area contributed by atoms with Crippen LogP contribution >= 0.6 is 23.2 Å². The van der Waals surface area contributed by atoms with Crippen LogP contribution < -0.4 is 0 Å². The number of hydrogen-bond donors (Lipinski definition) is 1. The first kappa shape index (κ1) is 28.9. The number of alkyl halides is 3. The summed E-state index contributed by atoms with van der Waals surface area (Å²) >= 11 is 12.1. The fourth-order valence-corrected chi connectivity index (χ4v) is 5.35. The van der Waals surface area contributed by atoms with Gasteiger partial charge in [-0.1, -0.05) is 59.6 Å². The number of carbonyl (C=O) groups is 2. The molecule has 1 aliphatic rings. The lowest BCUT2D eigenvalue weighted by Crippen LogP contribution is -2.53. The van der Waals surface area contributed by atoms with Gasteiger partial charge < -0.3 is 14.7 Å². The third-order valence-corrected chi connectivity index (χ3v) is 8.17. The lowest BCUT2D eigenvalue weighted by molar-refractivity contribution is -0.177. The van der Waals surface area contributed by atoms with E-state index in [4.69, 9.17) is 27.9 Å². The predicted octanol–water partition coefficient (Wildman–Crippen LogP) is 5.62. The maximum absolute atomic E-state index is 13.6. The van der Waals surface area contributed by atoms with Crippen molar-refractivity contribution in [1.29, 1.82) is 0 Å². The van der Waals surface area contributed by atoms with Crippen molar-refractivity contribution >= 4 is 44.9 Å². The lowest BCUT2D eigenvalue weighted by atomic mass is 9.90. The Labute approximate surface area is 231 Å². The number of halogens is 5. The number of morpholine rings is 1. The van der Waals surface area contributed by atoms with Crippen molar-refractivity contribution < 1.29 is 41.0 Å². The first-order valence-corrected chi connectivity index (χ1v) is 13.6. The summed E-state index contributed by atoms with van der Waals surface area (Å²) in [7, 11) is -5.54. The highest BCUT2D eigenvalue weighted by molar-refractivity contribution is 7.92. The molecule has 1 amide bonds. The molecule has 3 atom stereocenters. The molecule has 39 heavy (non-hydrogen) atoms. The molecule has 1 fully saturated rings. The topological polar surface area (TPSA) is 101 Å². The van der Waals surface area contributed by atoms with Gasteiger partial charge in [0.25, 0.3) is 15.7 Å². The van der Waals surface area contributed by atoms with Gasteiger partial charge in [0, 0.05) is 16.5 Å². The number of sulfone groups is 1. The molecule has 0 spiro atoms. The predicted molar refractivity (Wildman–Crippen MR) is 136 cm³/mol. The smallest absolute Gasteiger partial charge is 0.480 e. The molecule has 1 heterocycles. The highest BCUT2D eigenvalue weighted by Gasteiger charge is 2.47. The van der Waals surface area contributed by atoms with Crippen LogP contribution in [-0.4, -0.2) is 48.5 Å². The Bertz CT molecular complexity index is 1460. The molecule has 206 valence electrons. The molecule has 0 saturated carbocycles. The van der Waals surface area contributed by atoms with E-state index < -0.39 is 56.9 Å². The van der Waals surface area contributed by atoms with E-state index in [0.717, 1.165) is 24.3 Å². The second kappa shape index (κ2) is 11.2. The highest BCUT2D eigenvalue weighted by Crippen LogP contribution is 2.43. The van der Waals surface area contributed by atoms with E-state index >= 15 is 0 Å². The van der Waals surface area contributed by atoms with E-state index in [1.54, 1.807) is 48.5 Å². The normalized spacial score (nSPS) is 20.2. The first-order valence-electron chi connectivity index (χ1n) is 11.4. The Hall–Kier alpha value is -3.12. The minimum absolute atomic E-state index is 0.154. The number of ether oxygens (including phenoxy) is 1. The third-order valence-electron chi connectivity index (χ3n) is 6.17. The summed E-state index contributed by atoms with van der Waals surface area (Å²) in [5, 5.41) is 10.5. The number of aliphatic carboxylic acids is 1. The molecule has 13 heteroatoms. The van der Waals surface area contributed by atoms with Crippen molar-refractivity contribution in [2.24, 2.45) is 0 Å². The van der Waals surface area contributed by atoms with Crippen LogP contribution in [0.15, 0.2) is 77.7 Å². The zero-order chi connectivity index (χ0) is 28.5. The second-order valence-electron chi connectivity index (χ2n) is 8.75. The van der Waals surface area contributed by atoms with Gasteiger partial charge in [-0.25, -0.2) is 8.42 Å². The Kier molecular flexibility index (Phi) is 8.27. The fourth-order valence-electron chi connectivity index (χ4n) is 4.33. The molecule has 1 aliphatic heterocycles. The van der Waals surface area contributed by atoms with Crippen molar-refractivity contribution in [2.45, 2.75) is 35.1 Å². The summed E-state index contributed by atoms with van der Waals surface area (Å²) in [6.07, 6.45) is -2.23. The van der Waals surface area contributed by atoms with Crippen LogP contribution in [0.5, 0.6) is 0 Å². The number of hydrogen-bond acceptors (Lipinski definition) is 5. The van der Waals surface area contributed by atoms with Crippen molar-refractivity contribution in [3.63, 3.8) is 0 Å². The summed E-state index contributed by atoms with van der Waals surface area (Å²) < 4.78 is 68.3. The molecule has 0 radical (unpaired) electrons. The van der Waals surface area contributed by atoms with Gasteiger partial charge in [-0.2, -0.15) is 13.2 Å². The number of amides is 1. The maximum Gasteiger partial charge on any atom is 0.501 e. The van der Waals surface area contributed by atoms with Crippen LogP contribution in [0, 0.1) is 0 Å². The van der Waals surface area contributed by atoms with E-state index in [1.165, 1.54) is 4.90 Å². The summed E-state index contributed by atoms with van der Waals surface area (Å²) in [6.45, 7) is -0.654. The van der Waals surface area contributed by atoms with Crippen molar-refractivity contribution in [3.8, 4) is 0 Å². The average molecular weight is 602 g/mol. The second-order valence-corrected chi connectivity index (χ2v) is 11.6. The van der Waals surface area contributed by atoms with Gasteiger partial charge in [-0.05, 0) is 53.1 Å². The third kappa shape index (κ3) is 6.22. The van der Waals surface area contributed by atoms with E-state index in [1.807, 2.05) is 0 Å². The van der Waals surface area contributed by atoms with Crippen LogP contribution in [0.4, 0.5) is 13.2 Å². The summed E-state index contributed by atoms with van der Waals surface area (Å²) in [5.41, 5.74) is -3.99. The van der Waals surface area contributed by atoms with Gasteiger partial charge in [0.2, 0.25) is 0 Å². The van der Waals surface area contributed by atoms with Crippen LogP contribution in [-0.2, 0) is 30.6 Å². The molecular formula is C26H20Cl2F3NO6S. The molecule has 1 N–H and O–H groups in total. The van der Waals surface area contributed by atoms with E-state index in [2.05, 4.69) is 0 Å². The molecule has 1 saturated heterocycles. The SMILES string of the molecule is O=C(O)CN1C(=O)[C@H](Cc2ccc(S(=O)(=O)C(F)(F)F)cc2)OC(c2ccc(Cl)cc2)C1c1ccc(Cl)cc1. The minimum atomic E-state index is -5.54. The minimum Gasteiger partial charge on any atom is -0.480 e. The number of benzene rings is 3. The molecule has 0 aliphatic carbocycles. The van der Waals surface area contributed by atoms with E-state index in [9.17, 15) is 36.3 Å². The van der Waals surface area contributed by atoms with Gasteiger partial charge in [-0.3, -0.25) is 9.59 Å². The van der Waals surface area contributed by atoms with Gasteiger partial charge in [0.15, 0.2) is 0 Å². The number of rotatable bonds is 7. The summed E-state index contributed by atoms with van der Waals surface area (Å²) in [4.78, 5) is 25.6. The Morgan fingerprint density at radius 1 is 0.897 bits per heavy atom. The van der Waals surface area contributed by atoms with Gasteiger partial charge in [-0.15, -0.1) is 0 Å². The Balaban J connectivity index is 1.72. The number of carboxylic acid groups (broad SMARTS) is 1. The Morgan fingerprint density at radius 3 is 1.90 bits per heavy atom. The number of carboxylic acids is 1. The van der Waals surface area contributed by atoms with Crippen LogP contribution in [0.25, 0.3) is 0 Å². The van der Waals surface area contributed by atoms with Gasteiger partial charge >= 0.3 is 11.5 Å². The van der Waals surface area contributed by atoms with E-state index in [0.29, 0.717) is 26.7 Å². The van der Waals surface area contributed by atoms with Crippen molar-refractivity contribution in [2.75, 3.05) is 6.54 Å². The fraction of sp³-hybridized carbons (Fsp3) is 0.231. The zero-order valence-corrected chi connectivity index (χ0v) is 22.1. The Morgan fingerprint density at radius 2 is 1.41 bits per heavy atom. The molecule has 3 aromatic rings. The van der Waals surface area contributed by atoms with Crippen LogP contribution in [0.3, 0.4) is 0 Å².